The number of carbonyl (C=O) groups is 1. The van der Waals surface area contributed by atoms with E-state index in [0.717, 1.165) is 0 Å². The highest BCUT2D eigenvalue weighted by Crippen LogP contribution is 2.36. The molecular formula is C16H12Cl2O4. The summed E-state index contributed by atoms with van der Waals surface area (Å²) in [7, 11) is 0. The molecular weight excluding hydrogens is 327 g/mol. The summed E-state index contributed by atoms with van der Waals surface area (Å²) in [6, 6.07) is 10.3. The lowest BCUT2D eigenvalue weighted by molar-refractivity contribution is -0.138. The molecule has 0 radical (unpaired) electrons. The topological polar surface area (TPSA) is 55.8 Å². The van der Waals surface area contributed by atoms with Gasteiger partial charge >= 0.3 is 5.97 Å². The number of carboxylic acid groups (broad SMARTS) is 1. The Balaban J connectivity index is 1.93. The molecule has 0 bridgehead atoms. The monoisotopic (exact) mass is 338 g/mol. The molecule has 1 aliphatic rings. The minimum Gasteiger partial charge on any atom is -0.481 e. The van der Waals surface area contributed by atoms with Crippen LogP contribution in [0, 0.1) is 0 Å². The standard InChI is InChI=1S/C16H12Cl2O4/c17-12-3-1-2-10(15(12)18)6-11(16(19)20)9-4-5-13-14(7-9)22-8-21-13/h1-5,7,11H,6,8H2,(H,19,20). The van der Waals surface area contributed by atoms with Crippen LogP contribution in [0.25, 0.3) is 0 Å². The second-order valence-electron chi connectivity index (χ2n) is 4.92. The van der Waals surface area contributed by atoms with Crippen LogP contribution >= 0.6 is 23.2 Å². The van der Waals surface area contributed by atoms with Gasteiger partial charge in [-0.2, -0.15) is 0 Å². The van der Waals surface area contributed by atoms with Gasteiger partial charge in [-0.15, -0.1) is 0 Å². The maximum atomic E-state index is 11.7. The normalized spacial score (nSPS) is 13.9. The molecule has 2 aromatic carbocycles. The Labute approximate surface area is 137 Å². The molecule has 1 atom stereocenters. The van der Waals surface area contributed by atoms with E-state index in [1.54, 1.807) is 36.4 Å². The van der Waals surface area contributed by atoms with Gasteiger partial charge in [-0.1, -0.05) is 41.4 Å². The Morgan fingerprint density at radius 3 is 2.73 bits per heavy atom. The van der Waals surface area contributed by atoms with E-state index in [9.17, 15) is 9.90 Å². The smallest absolute Gasteiger partial charge is 0.311 e. The molecule has 0 fully saturated rings. The minimum atomic E-state index is -0.935. The van der Waals surface area contributed by atoms with Gasteiger partial charge < -0.3 is 14.6 Å². The Hall–Kier alpha value is -1.91. The van der Waals surface area contributed by atoms with Gasteiger partial charge in [-0.25, -0.2) is 0 Å². The fraction of sp³-hybridized carbons (Fsp3) is 0.188. The lowest BCUT2D eigenvalue weighted by Crippen LogP contribution is -2.14. The van der Waals surface area contributed by atoms with Crippen molar-refractivity contribution in [1.29, 1.82) is 0 Å². The molecule has 1 unspecified atom stereocenters. The number of aliphatic carboxylic acids is 1. The Bertz CT molecular complexity index is 730. The summed E-state index contributed by atoms with van der Waals surface area (Å²) >= 11 is 12.1. The van der Waals surface area contributed by atoms with Crippen molar-refractivity contribution < 1.29 is 19.4 Å². The van der Waals surface area contributed by atoms with Crippen molar-refractivity contribution in [3.05, 3.63) is 57.6 Å². The highest BCUT2D eigenvalue weighted by Gasteiger charge is 2.24. The quantitative estimate of drug-likeness (QED) is 0.910. The number of halogens is 2. The Kier molecular flexibility index (Phi) is 4.14. The molecule has 22 heavy (non-hydrogen) atoms. The first-order chi connectivity index (χ1) is 10.6. The predicted octanol–water partition coefficient (Wildman–Crippen LogP) is 4.13. The fourth-order valence-electron chi connectivity index (χ4n) is 2.40. The van der Waals surface area contributed by atoms with Crippen LogP contribution in [0.1, 0.15) is 17.0 Å². The second kappa shape index (κ2) is 6.07. The van der Waals surface area contributed by atoms with Gasteiger partial charge in [0.25, 0.3) is 0 Å². The number of benzene rings is 2. The van der Waals surface area contributed by atoms with Gasteiger partial charge in [0, 0.05) is 0 Å². The van der Waals surface area contributed by atoms with Crippen molar-refractivity contribution in [3.8, 4) is 11.5 Å². The van der Waals surface area contributed by atoms with E-state index in [1.807, 2.05) is 0 Å². The van der Waals surface area contributed by atoms with Crippen LogP contribution < -0.4 is 9.47 Å². The van der Waals surface area contributed by atoms with Gasteiger partial charge in [0.15, 0.2) is 11.5 Å². The second-order valence-corrected chi connectivity index (χ2v) is 5.71. The van der Waals surface area contributed by atoms with Crippen LogP contribution in [0.3, 0.4) is 0 Å². The van der Waals surface area contributed by atoms with Crippen LogP contribution in [0.4, 0.5) is 0 Å². The van der Waals surface area contributed by atoms with Crippen LogP contribution in [0.2, 0.25) is 10.0 Å². The molecule has 0 saturated heterocycles. The van der Waals surface area contributed by atoms with Crippen molar-refractivity contribution in [2.75, 3.05) is 6.79 Å². The SMILES string of the molecule is O=C(O)C(Cc1cccc(Cl)c1Cl)c1ccc2c(c1)OCO2. The molecule has 0 spiro atoms. The summed E-state index contributed by atoms with van der Waals surface area (Å²) in [4.78, 5) is 11.7. The maximum absolute atomic E-state index is 11.7. The third-order valence-electron chi connectivity index (χ3n) is 3.55. The van der Waals surface area contributed by atoms with E-state index in [-0.39, 0.29) is 13.2 Å². The van der Waals surface area contributed by atoms with Gasteiger partial charge in [0.05, 0.1) is 16.0 Å². The van der Waals surface area contributed by atoms with Crippen molar-refractivity contribution >= 4 is 29.2 Å². The predicted molar refractivity (Wildman–Crippen MR) is 83.1 cm³/mol. The van der Waals surface area contributed by atoms with Gasteiger partial charge in [0.1, 0.15) is 0 Å². The van der Waals surface area contributed by atoms with Crippen LogP contribution in [-0.4, -0.2) is 17.9 Å². The minimum absolute atomic E-state index is 0.149. The average molecular weight is 339 g/mol. The summed E-state index contributed by atoms with van der Waals surface area (Å²) in [5, 5.41) is 10.3. The molecule has 0 amide bonds. The van der Waals surface area contributed by atoms with Gasteiger partial charge in [-0.3, -0.25) is 4.79 Å². The zero-order chi connectivity index (χ0) is 15.7. The lowest BCUT2D eigenvalue weighted by atomic mass is 9.92. The van der Waals surface area contributed by atoms with Gasteiger partial charge in [0.2, 0.25) is 6.79 Å². The summed E-state index contributed by atoms with van der Waals surface area (Å²) in [6.45, 7) is 0.149. The number of fused-ring (bicyclic) bond motifs is 1. The molecule has 0 aromatic heterocycles. The van der Waals surface area contributed by atoms with Crippen molar-refractivity contribution in [1.82, 2.24) is 0 Å². The molecule has 6 heteroatoms. The molecule has 114 valence electrons. The zero-order valence-electron chi connectivity index (χ0n) is 11.4. The van der Waals surface area contributed by atoms with E-state index < -0.39 is 11.9 Å². The van der Waals surface area contributed by atoms with Crippen LogP contribution in [0.5, 0.6) is 11.5 Å². The first kappa shape index (κ1) is 15.0. The van der Waals surface area contributed by atoms with E-state index in [2.05, 4.69) is 0 Å². The molecule has 1 heterocycles. The molecule has 0 aliphatic carbocycles. The molecule has 3 rings (SSSR count). The summed E-state index contributed by atoms with van der Waals surface area (Å²) < 4.78 is 10.5. The third kappa shape index (κ3) is 2.85. The van der Waals surface area contributed by atoms with E-state index in [0.29, 0.717) is 32.7 Å². The highest BCUT2D eigenvalue weighted by molar-refractivity contribution is 6.42. The molecule has 1 N–H and O–H groups in total. The van der Waals surface area contributed by atoms with Crippen LogP contribution in [0.15, 0.2) is 36.4 Å². The zero-order valence-corrected chi connectivity index (χ0v) is 12.9. The average Bonchev–Trinajstić information content (AvgIpc) is 2.95. The van der Waals surface area contributed by atoms with Crippen molar-refractivity contribution in [2.24, 2.45) is 0 Å². The molecule has 4 nitrogen and oxygen atoms in total. The molecule has 1 aliphatic heterocycles. The fourth-order valence-corrected chi connectivity index (χ4v) is 2.80. The van der Waals surface area contributed by atoms with Crippen LogP contribution in [-0.2, 0) is 11.2 Å². The van der Waals surface area contributed by atoms with Gasteiger partial charge in [-0.05, 0) is 35.7 Å². The van der Waals surface area contributed by atoms with Crippen molar-refractivity contribution in [3.63, 3.8) is 0 Å². The first-order valence-corrected chi connectivity index (χ1v) is 7.37. The lowest BCUT2D eigenvalue weighted by Gasteiger charge is -2.15. The maximum Gasteiger partial charge on any atom is 0.311 e. The first-order valence-electron chi connectivity index (χ1n) is 6.61. The Morgan fingerprint density at radius 2 is 1.95 bits per heavy atom. The summed E-state index contributed by atoms with van der Waals surface area (Å²) in [5.41, 5.74) is 1.33. The molecule has 0 saturated carbocycles. The Morgan fingerprint density at radius 1 is 1.18 bits per heavy atom. The van der Waals surface area contributed by atoms with Crippen molar-refractivity contribution in [2.45, 2.75) is 12.3 Å². The number of ether oxygens (including phenoxy) is 2. The third-order valence-corrected chi connectivity index (χ3v) is 4.41. The summed E-state index contributed by atoms with van der Waals surface area (Å²) in [5.74, 6) is -0.505. The van der Waals surface area contributed by atoms with E-state index in [1.165, 1.54) is 0 Å². The highest BCUT2D eigenvalue weighted by atomic mass is 35.5. The number of rotatable bonds is 4. The number of carboxylic acids is 1. The van der Waals surface area contributed by atoms with E-state index >= 15 is 0 Å². The largest absolute Gasteiger partial charge is 0.481 e. The molecule has 2 aromatic rings. The number of hydrogen-bond acceptors (Lipinski definition) is 3. The summed E-state index contributed by atoms with van der Waals surface area (Å²) in [6.07, 6.45) is 0.244. The number of hydrogen-bond donors (Lipinski definition) is 1. The van der Waals surface area contributed by atoms with E-state index in [4.69, 9.17) is 32.7 Å².